The lowest BCUT2D eigenvalue weighted by atomic mass is 10.2. The summed E-state index contributed by atoms with van der Waals surface area (Å²) >= 11 is 6.09. The molecule has 1 amide bonds. The number of carbonyl (C=O) groups is 1. The summed E-state index contributed by atoms with van der Waals surface area (Å²) < 4.78 is 62.3. The second-order valence-corrected chi connectivity index (χ2v) is 7.68. The number of amides is 1. The molecule has 0 saturated heterocycles. The van der Waals surface area contributed by atoms with Crippen LogP contribution in [0.5, 0.6) is 5.75 Å². The van der Waals surface area contributed by atoms with Crippen molar-refractivity contribution in [3.8, 4) is 5.75 Å². The van der Waals surface area contributed by atoms with E-state index in [2.05, 4.69) is 15.5 Å². The summed E-state index contributed by atoms with van der Waals surface area (Å²) in [6.45, 7) is 1.39. The molecule has 0 spiro atoms. The van der Waals surface area contributed by atoms with Gasteiger partial charge in [0.25, 0.3) is 5.91 Å². The second-order valence-electron chi connectivity index (χ2n) is 7.28. The van der Waals surface area contributed by atoms with Crippen molar-refractivity contribution in [2.45, 2.75) is 20.2 Å². The van der Waals surface area contributed by atoms with Gasteiger partial charge in [0.1, 0.15) is 11.6 Å². The number of hydrogen-bond donors (Lipinski definition) is 1. The minimum atomic E-state index is -1.78. The van der Waals surface area contributed by atoms with Crippen molar-refractivity contribution >= 4 is 23.2 Å². The van der Waals surface area contributed by atoms with Gasteiger partial charge in [0.2, 0.25) is 0 Å². The zero-order valence-electron chi connectivity index (χ0n) is 17.5. The van der Waals surface area contributed by atoms with Crippen LogP contribution in [0.1, 0.15) is 21.6 Å². The lowest BCUT2D eigenvalue weighted by Crippen LogP contribution is -2.14. The number of nitrogens with zero attached hydrogens (tertiary/aromatic N) is 4. The van der Waals surface area contributed by atoms with Gasteiger partial charge < -0.3 is 10.1 Å². The van der Waals surface area contributed by atoms with Crippen molar-refractivity contribution in [3.63, 3.8) is 0 Å². The lowest BCUT2D eigenvalue weighted by molar-refractivity contribution is 0.102. The number of rotatable bonds is 7. The predicted molar refractivity (Wildman–Crippen MR) is 115 cm³/mol. The summed E-state index contributed by atoms with van der Waals surface area (Å²) in [6, 6.07) is 7.05. The number of carbonyl (C=O) groups excluding carboxylic acids is 1. The first-order valence-corrected chi connectivity index (χ1v) is 10.2. The van der Waals surface area contributed by atoms with Gasteiger partial charge in [-0.2, -0.15) is 10.2 Å². The highest BCUT2D eigenvalue weighted by molar-refractivity contribution is 6.32. The van der Waals surface area contributed by atoms with Crippen LogP contribution in [-0.2, 0) is 13.3 Å². The van der Waals surface area contributed by atoms with E-state index in [1.807, 2.05) is 13.0 Å². The van der Waals surface area contributed by atoms with E-state index in [9.17, 15) is 22.4 Å². The average molecular weight is 494 g/mol. The Hall–Kier alpha value is -3.86. The summed E-state index contributed by atoms with van der Waals surface area (Å²) in [4.78, 5) is 12.5. The fraction of sp³-hybridized carbons (Fsp3) is 0.136. The maximum absolute atomic E-state index is 13.9. The number of nitrogens with one attached hydrogen (secondary N) is 1. The standard InChI is InChI=1S/C22H16ClF4N5O2/c1-12-2-3-15(23)19(6-12)34-11-31-5-4-18(30-31)22(33)29-13-8-28-32(9-13)10-14-16(24)7-17(25)21(27)20(14)26/h2-9H,10-11H2,1H3,(H,29,33). The predicted octanol–water partition coefficient (Wildman–Crippen LogP) is 4.93. The van der Waals surface area contributed by atoms with Gasteiger partial charge in [-0.05, 0) is 30.7 Å². The Bertz CT molecular complexity index is 1370. The van der Waals surface area contributed by atoms with Crippen LogP contribution in [0.3, 0.4) is 0 Å². The van der Waals surface area contributed by atoms with Crippen LogP contribution in [0.4, 0.5) is 23.2 Å². The third-order valence-electron chi connectivity index (χ3n) is 4.73. The number of aryl methyl sites for hydroxylation is 1. The summed E-state index contributed by atoms with van der Waals surface area (Å²) in [5.74, 6) is -6.39. The molecule has 34 heavy (non-hydrogen) atoms. The van der Waals surface area contributed by atoms with Gasteiger partial charge in [-0.25, -0.2) is 22.2 Å². The zero-order valence-corrected chi connectivity index (χ0v) is 18.3. The van der Waals surface area contributed by atoms with Crippen LogP contribution in [0.2, 0.25) is 5.02 Å². The summed E-state index contributed by atoms with van der Waals surface area (Å²) in [6.07, 6.45) is 4.04. The minimum absolute atomic E-state index is 0.0136. The van der Waals surface area contributed by atoms with Gasteiger partial charge in [0.15, 0.2) is 29.9 Å². The van der Waals surface area contributed by atoms with E-state index in [1.165, 1.54) is 29.3 Å². The lowest BCUT2D eigenvalue weighted by Gasteiger charge is -2.08. The Morgan fingerprint density at radius 3 is 2.68 bits per heavy atom. The van der Waals surface area contributed by atoms with Crippen LogP contribution in [-0.4, -0.2) is 25.5 Å². The summed E-state index contributed by atoms with van der Waals surface area (Å²) in [7, 11) is 0. The van der Waals surface area contributed by atoms with Crippen molar-refractivity contribution in [2.75, 3.05) is 5.32 Å². The first-order chi connectivity index (χ1) is 16.2. The third-order valence-corrected chi connectivity index (χ3v) is 5.04. The Morgan fingerprint density at radius 2 is 1.88 bits per heavy atom. The molecule has 0 unspecified atom stereocenters. The minimum Gasteiger partial charge on any atom is -0.470 e. The first-order valence-electron chi connectivity index (χ1n) is 9.79. The van der Waals surface area contributed by atoms with E-state index >= 15 is 0 Å². The van der Waals surface area contributed by atoms with E-state index in [4.69, 9.17) is 16.3 Å². The molecule has 7 nitrogen and oxygen atoms in total. The van der Waals surface area contributed by atoms with E-state index in [0.29, 0.717) is 10.8 Å². The second kappa shape index (κ2) is 9.56. The smallest absolute Gasteiger partial charge is 0.276 e. The molecular weight excluding hydrogens is 478 g/mol. The van der Waals surface area contributed by atoms with Gasteiger partial charge in [0, 0.05) is 24.0 Å². The van der Waals surface area contributed by atoms with Crippen molar-refractivity contribution in [2.24, 2.45) is 0 Å². The Morgan fingerprint density at radius 1 is 1.09 bits per heavy atom. The molecule has 0 radical (unpaired) electrons. The quantitative estimate of drug-likeness (QED) is 0.225. The molecule has 0 atom stereocenters. The largest absolute Gasteiger partial charge is 0.470 e. The zero-order chi connectivity index (χ0) is 24.4. The van der Waals surface area contributed by atoms with Gasteiger partial charge in [-0.1, -0.05) is 17.7 Å². The average Bonchev–Trinajstić information content (AvgIpc) is 3.45. The molecular formula is C22H16ClF4N5O2. The van der Waals surface area contributed by atoms with Crippen LogP contribution in [0, 0.1) is 30.2 Å². The van der Waals surface area contributed by atoms with Crippen molar-refractivity contribution in [1.29, 1.82) is 0 Å². The highest BCUT2D eigenvalue weighted by Gasteiger charge is 2.20. The van der Waals surface area contributed by atoms with Gasteiger partial charge in [-0.3, -0.25) is 9.48 Å². The monoisotopic (exact) mass is 493 g/mol. The molecule has 12 heteroatoms. The van der Waals surface area contributed by atoms with Crippen LogP contribution in [0.25, 0.3) is 0 Å². The summed E-state index contributed by atoms with van der Waals surface area (Å²) in [5, 5.41) is 11.0. The molecule has 0 aliphatic rings. The summed E-state index contributed by atoms with van der Waals surface area (Å²) in [5.41, 5.74) is 0.540. The molecule has 0 fully saturated rings. The molecule has 2 heterocycles. The van der Waals surface area contributed by atoms with E-state index in [0.717, 1.165) is 10.2 Å². The number of aromatic nitrogens is 4. The number of anilines is 1. The molecule has 0 saturated carbocycles. The Balaban J connectivity index is 1.39. The molecule has 4 aromatic rings. The van der Waals surface area contributed by atoms with E-state index in [-0.39, 0.29) is 24.2 Å². The Kier molecular flexibility index (Phi) is 6.55. The SMILES string of the molecule is Cc1ccc(Cl)c(OCn2ccc(C(=O)Nc3cnn(Cc4c(F)cc(F)c(F)c4F)c3)n2)c1. The van der Waals surface area contributed by atoms with Gasteiger partial charge >= 0.3 is 0 Å². The van der Waals surface area contributed by atoms with E-state index in [1.54, 1.807) is 12.1 Å². The molecule has 0 aliphatic carbocycles. The number of benzene rings is 2. The van der Waals surface area contributed by atoms with Crippen LogP contribution < -0.4 is 10.1 Å². The fourth-order valence-corrected chi connectivity index (χ4v) is 3.20. The number of ether oxygens (including phenoxy) is 1. The van der Waals surface area contributed by atoms with Crippen molar-refractivity contribution in [3.05, 3.63) is 94.0 Å². The maximum Gasteiger partial charge on any atom is 0.276 e. The molecule has 1 N–H and O–H groups in total. The highest BCUT2D eigenvalue weighted by Crippen LogP contribution is 2.25. The number of hydrogen-bond acceptors (Lipinski definition) is 4. The van der Waals surface area contributed by atoms with Gasteiger partial charge in [0.05, 0.1) is 23.5 Å². The number of halogens is 5. The normalized spacial score (nSPS) is 11.0. The highest BCUT2D eigenvalue weighted by atomic mass is 35.5. The van der Waals surface area contributed by atoms with Gasteiger partial charge in [-0.15, -0.1) is 0 Å². The van der Waals surface area contributed by atoms with Crippen molar-refractivity contribution < 1.29 is 27.1 Å². The van der Waals surface area contributed by atoms with Crippen molar-refractivity contribution in [1.82, 2.24) is 19.6 Å². The molecule has 0 aliphatic heterocycles. The Labute approximate surface area is 195 Å². The maximum atomic E-state index is 13.9. The first kappa shape index (κ1) is 23.3. The molecule has 176 valence electrons. The molecule has 0 bridgehead atoms. The van der Waals surface area contributed by atoms with Crippen LogP contribution >= 0.6 is 11.6 Å². The molecule has 2 aromatic carbocycles. The van der Waals surface area contributed by atoms with Crippen LogP contribution in [0.15, 0.2) is 48.9 Å². The molecule has 4 rings (SSSR count). The fourth-order valence-electron chi connectivity index (χ4n) is 3.03. The topological polar surface area (TPSA) is 74.0 Å². The third kappa shape index (κ3) is 5.04. The van der Waals surface area contributed by atoms with E-state index < -0.39 is 41.3 Å². The molecule has 2 aromatic heterocycles.